The van der Waals surface area contributed by atoms with Crippen LogP contribution in [0, 0.1) is 17.6 Å². The van der Waals surface area contributed by atoms with Crippen molar-refractivity contribution in [2.75, 3.05) is 5.75 Å². The lowest BCUT2D eigenvalue weighted by Crippen LogP contribution is -2.22. The Bertz CT molecular complexity index is 590. The van der Waals surface area contributed by atoms with Crippen molar-refractivity contribution in [2.24, 2.45) is 5.92 Å². The highest BCUT2D eigenvalue weighted by Crippen LogP contribution is 2.26. The molecule has 6 heteroatoms. The smallest absolute Gasteiger partial charge is 0.185 e. The number of benzene rings is 1. The highest BCUT2D eigenvalue weighted by atomic mass is 32.2. The van der Waals surface area contributed by atoms with Crippen molar-refractivity contribution in [3.05, 3.63) is 29.8 Å². The van der Waals surface area contributed by atoms with Gasteiger partial charge in [0, 0.05) is 5.92 Å². The molecule has 0 heterocycles. The standard InChI is InChI=1S/C13H14F2O3S/c14-11-6-5-10(7-12(11)15)19(17,18)8-13(16)9-3-1-2-4-9/h5-7,9H,1-4,8H2. The Morgan fingerprint density at radius 3 is 2.37 bits per heavy atom. The fourth-order valence-electron chi connectivity index (χ4n) is 2.31. The van der Waals surface area contributed by atoms with Crippen LogP contribution in [0.1, 0.15) is 25.7 Å². The lowest BCUT2D eigenvalue weighted by molar-refractivity contribution is -0.120. The minimum Gasteiger partial charge on any atom is -0.298 e. The van der Waals surface area contributed by atoms with Gasteiger partial charge in [0.1, 0.15) is 5.75 Å². The molecular formula is C13H14F2O3S. The van der Waals surface area contributed by atoms with Crippen LogP contribution in [0.4, 0.5) is 8.78 Å². The lowest BCUT2D eigenvalue weighted by Gasteiger charge is -2.08. The normalized spacial score (nSPS) is 16.7. The zero-order valence-corrected chi connectivity index (χ0v) is 11.1. The van der Waals surface area contributed by atoms with E-state index in [1.54, 1.807) is 0 Å². The summed E-state index contributed by atoms with van der Waals surface area (Å²) < 4.78 is 49.7. The van der Waals surface area contributed by atoms with Crippen LogP contribution in [0.5, 0.6) is 0 Å². The minimum absolute atomic E-state index is 0.208. The molecule has 19 heavy (non-hydrogen) atoms. The van der Waals surface area contributed by atoms with Crippen molar-refractivity contribution in [3.63, 3.8) is 0 Å². The first-order valence-corrected chi connectivity index (χ1v) is 7.76. The Balaban J connectivity index is 2.17. The molecule has 1 fully saturated rings. The van der Waals surface area contributed by atoms with Crippen molar-refractivity contribution in [2.45, 2.75) is 30.6 Å². The van der Waals surface area contributed by atoms with E-state index in [1.165, 1.54) is 0 Å². The summed E-state index contributed by atoms with van der Waals surface area (Å²) in [5, 5.41) is 0. The molecule has 0 amide bonds. The van der Waals surface area contributed by atoms with Gasteiger partial charge in [-0.3, -0.25) is 4.79 Å². The molecule has 0 bridgehead atoms. The van der Waals surface area contributed by atoms with Crippen LogP contribution >= 0.6 is 0 Å². The Labute approximate surface area is 110 Å². The number of rotatable bonds is 4. The maximum absolute atomic E-state index is 13.0. The van der Waals surface area contributed by atoms with Crippen LogP contribution in [0.15, 0.2) is 23.1 Å². The maximum atomic E-state index is 13.0. The SMILES string of the molecule is O=C(CS(=O)(=O)c1ccc(F)c(F)c1)C1CCCC1. The molecule has 0 spiro atoms. The van der Waals surface area contributed by atoms with E-state index in [9.17, 15) is 22.0 Å². The predicted octanol–water partition coefficient (Wildman–Crippen LogP) is 2.50. The summed E-state index contributed by atoms with van der Waals surface area (Å²) in [6.45, 7) is 0. The number of halogens is 2. The Kier molecular flexibility index (Phi) is 3.99. The molecule has 104 valence electrons. The molecule has 1 aromatic rings. The van der Waals surface area contributed by atoms with E-state index in [-0.39, 0.29) is 16.6 Å². The van der Waals surface area contributed by atoms with Gasteiger partial charge in [0.2, 0.25) is 0 Å². The topological polar surface area (TPSA) is 51.2 Å². The summed E-state index contributed by atoms with van der Waals surface area (Å²) in [5.74, 6) is -3.51. The van der Waals surface area contributed by atoms with Crippen molar-refractivity contribution in [1.82, 2.24) is 0 Å². The highest BCUT2D eigenvalue weighted by Gasteiger charge is 2.28. The average molecular weight is 288 g/mol. The zero-order valence-electron chi connectivity index (χ0n) is 10.2. The van der Waals surface area contributed by atoms with Gasteiger partial charge in [-0.05, 0) is 31.0 Å². The molecule has 0 aromatic heterocycles. The first-order valence-electron chi connectivity index (χ1n) is 6.10. The zero-order chi connectivity index (χ0) is 14.0. The van der Waals surface area contributed by atoms with Gasteiger partial charge in [0.15, 0.2) is 27.3 Å². The van der Waals surface area contributed by atoms with Gasteiger partial charge in [-0.2, -0.15) is 0 Å². The molecule has 1 aromatic carbocycles. The Morgan fingerprint density at radius 1 is 1.16 bits per heavy atom. The van der Waals surface area contributed by atoms with E-state index in [4.69, 9.17) is 0 Å². The van der Waals surface area contributed by atoms with Gasteiger partial charge < -0.3 is 0 Å². The van der Waals surface area contributed by atoms with Gasteiger partial charge in [-0.15, -0.1) is 0 Å². The van der Waals surface area contributed by atoms with E-state index in [0.29, 0.717) is 18.9 Å². The van der Waals surface area contributed by atoms with Crippen LogP contribution < -0.4 is 0 Å². The van der Waals surface area contributed by atoms with Crippen LogP contribution in [0.25, 0.3) is 0 Å². The van der Waals surface area contributed by atoms with Crippen LogP contribution in [0.3, 0.4) is 0 Å². The van der Waals surface area contributed by atoms with Gasteiger partial charge in [0.25, 0.3) is 0 Å². The minimum atomic E-state index is -3.89. The number of hydrogen-bond donors (Lipinski definition) is 0. The molecule has 3 nitrogen and oxygen atoms in total. The Hall–Kier alpha value is -1.30. The van der Waals surface area contributed by atoms with Crippen LogP contribution in [0.2, 0.25) is 0 Å². The van der Waals surface area contributed by atoms with E-state index >= 15 is 0 Å². The third kappa shape index (κ3) is 3.18. The number of sulfone groups is 1. The third-order valence-corrected chi connectivity index (χ3v) is 5.03. The summed E-state index contributed by atoms with van der Waals surface area (Å²) in [4.78, 5) is 11.5. The number of hydrogen-bond acceptors (Lipinski definition) is 3. The van der Waals surface area contributed by atoms with Gasteiger partial charge in [-0.25, -0.2) is 17.2 Å². The molecule has 2 rings (SSSR count). The number of carbonyl (C=O) groups excluding carboxylic acids is 1. The molecule has 1 aliphatic rings. The molecule has 0 unspecified atom stereocenters. The summed E-state index contributed by atoms with van der Waals surface area (Å²) in [6, 6.07) is 2.35. The van der Waals surface area contributed by atoms with E-state index in [0.717, 1.165) is 25.0 Å². The first-order chi connectivity index (χ1) is 8.90. The van der Waals surface area contributed by atoms with Crippen LogP contribution in [-0.2, 0) is 14.6 Å². The summed E-state index contributed by atoms with van der Waals surface area (Å²) in [5.41, 5.74) is 0. The van der Waals surface area contributed by atoms with E-state index < -0.39 is 27.2 Å². The lowest BCUT2D eigenvalue weighted by atomic mass is 10.0. The molecule has 0 saturated heterocycles. The quantitative estimate of drug-likeness (QED) is 0.800. The van der Waals surface area contributed by atoms with Gasteiger partial charge in [0.05, 0.1) is 4.90 Å². The number of Topliss-reactive ketones (excluding diaryl/α,β-unsaturated/α-hetero) is 1. The highest BCUT2D eigenvalue weighted by molar-refractivity contribution is 7.92. The van der Waals surface area contributed by atoms with E-state index in [2.05, 4.69) is 0 Å². The summed E-state index contributed by atoms with van der Waals surface area (Å²) in [7, 11) is -3.89. The van der Waals surface area contributed by atoms with Crippen molar-refractivity contribution >= 4 is 15.6 Å². The average Bonchev–Trinajstić information content (AvgIpc) is 2.85. The third-order valence-electron chi connectivity index (χ3n) is 3.39. The second-order valence-electron chi connectivity index (χ2n) is 4.78. The predicted molar refractivity (Wildman–Crippen MR) is 65.4 cm³/mol. The summed E-state index contributed by atoms with van der Waals surface area (Å²) >= 11 is 0. The number of carbonyl (C=O) groups is 1. The molecule has 1 saturated carbocycles. The van der Waals surface area contributed by atoms with Gasteiger partial charge in [-0.1, -0.05) is 12.8 Å². The molecule has 0 radical (unpaired) electrons. The molecule has 0 N–H and O–H groups in total. The number of ketones is 1. The van der Waals surface area contributed by atoms with Crippen LogP contribution in [-0.4, -0.2) is 20.0 Å². The maximum Gasteiger partial charge on any atom is 0.185 e. The van der Waals surface area contributed by atoms with E-state index in [1.807, 2.05) is 0 Å². The van der Waals surface area contributed by atoms with Crippen molar-refractivity contribution in [3.8, 4) is 0 Å². The molecule has 0 aliphatic heterocycles. The van der Waals surface area contributed by atoms with Gasteiger partial charge >= 0.3 is 0 Å². The fraction of sp³-hybridized carbons (Fsp3) is 0.462. The van der Waals surface area contributed by atoms with Crippen molar-refractivity contribution in [1.29, 1.82) is 0 Å². The van der Waals surface area contributed by atoms with Crippen molar-refractivity contribution < 1.29 is 22.0 Å². The largest absolute Gasteiger partial charge is 0.298 e. The second kappa shape index (κ2) is 5.36. The first kappa shape index (κ1) is 14.1. The molecule has 0 atom stereocenters. The summed E-state index contributed by atoms with van der Waals surface area (Å²) in [6.07, 6.45) is 3.29. The molecule has 1 aliphatic carbocycles. The second-order valence-corrected chi connectivity index (χ2v) is 6.77. The Morgan fingerprint density at radius 2 is 1.79 bits per heavy atom. The fourth-order valence-corrected chi connectivity index (χ4v) is 3.64. The molecular weight excluding hydrogens is 274 g/mol. The monoisotopic (exact) mass is 288 g/mol.